The molecule has 8 heteroatoms. The lowest BCUT2D eigenvalue weighted by Crippen LogP contribution is -2.21. The number of hydrogen-bond donors (Lipinski definition) is 0. The molecule has 1 aliphatic heterocycles. The normalized spacial score (nSPS) is 25.0. The predicted octanol–water partition coefficient (Wildman–Crippen LogP) is -0.492. The lowest BCUT2D eigenvalue weighted by Gasteiger charge is -2.06. The number of carbonyl (C=O) groups is 1. The van der Waals surface area contributed by atoms with Crippen molar-refractivity contribution in [3.8, 4) is 0 Å². The Morgan fingerprint density at radius 2 is 2.29 bits per heavy atom. The van der Waals surface area contributed by atoms with Gasteiger partial charge in [-0.3, -0.25) is 4.18 Å². The minimum Gasteiger partial charge on any atom is -0.427 e. The summed E-state index contributed by atoms with van der Waals surface area (Å²) in [6, 6.07) is 0. The minimum absolute atomic E-state index is 0.177. The Labute approximate surface area is 82.4 Å². The van der Waals surface area contributed by atoms with E-state index in [1.54, 1.807) is 0 Å². The molecule has 0 aliphatic carbocycles. The molecule has 0 amide bonds. The fourth-order valence-electron chi connectivity index (χ4n) is 0.830. The first-order chi connectivity index (χ1) is 6.53. The van der Waals surface area contributed by atoms with E-state index >= 15 is 0 Å². The maximum absolute atomic E-state index is 10.8. The van der Waals surface area contributed by atoms with Crippen LogP contribution in [0, 0.1) is 0 Å². The summed E-state index contributed by atoms with van der Waals surface area (Å²) < 4.78 is 34.7. The molecule has 0 aromatic rings. The molecule has 6 nitrogen and oxygen atoms in total. The largest absolute Gasteiger partial charge is 0.513 e. The van der Waals surface area contributed by atoms with Crippen LogP contribution in [0.25, 0.3) is 0 Å². The van der Waals surface area contributed by atoms with Gasteiger partial charge in [-0.15, -0.1) is 0 Å². The van der Waals surface area contributed by atoms with Crippen LogP contribution in [0.3, 0.4) is 0 Å². The van der Waals surface area contributed by atoms with Crippen molar-refractivity contribution in [2.24, 2.45) is 0 Å². The summed E-state index contributed by atoms with van der Waals surface area (Å²) in [7, 11) is 1.36. The Balaban J connectivity index is 2.36. The Morgan fingerprint density at radius 3 is 2.79 bits per heavy atom. The quantitative estimate of drug-likeness (QED) is 0.269. The Bertz CT molecular complexity index is 334. The maximum atomic E-state index is 10.8. The van der Waals surface area contributed by atoms with Crippen LogP contribution < -0.4 is 0 Å². The second kappa shape index (κ2) is 4.47. The highest BCUT2D eigenvalue weighted by molar-refractivity contribution is 7.87. The standard InChI is InChI=1S/C6H7BO6S/c7-1-2-11-6(8)13-5-3-12-14(9,10)4-5/h1-2,5H,3-4H2/b2-1-. The zero-order valence-electron chi connectivity index (χ0n) is 7.08. The van der Waals surface area contributed by atoms with Crippen molar-refractivity contribution in [2.75, 3.05) is 12.4 Å². The van der Waals surface area contributed by atoms with E-state index in [1.807, 2.05) is 0 Å². The first-order valence-electron chi connectivity index (χ1n) is 3.64. The first kappa shape index (κ1) is 11.1. The van der Waals surface area contributed by atoms with Gasteiger partial charge < -0.3 is 9.47 Å². The average molecular weight is 218 g/mol. The van der Waals surface area contributed by atoms with E-state index in [2.05, 4.69) is 13.7 Å². The van der Waals surface area contributed by atoms with E-state index in [1.165, 1.54) is 0 Å². The Morgan fingerprint density at radius 1 is 1.57 bits per heavy atom. The van der Waals surface area contributed by atoms with Gasteiger partial charge in [-0.05, 0) is 0 Å². The molecule has 0 aromatic carbocycles. The van der Waals surface area contributed by atoms with Gasteiger partial charge in [-0.1, -0.05) is 5.98 Å². The van der Waals surface area contributed by atoms with Gasteiger partial charge in [-0.25, -0.2) is 4.79 Å². The molecule has 0 aromatic heterocycles. The van der Waals surface area contributed by atoms with Crippen LogP contribution in [0.2, 0.25) is 0 Å². The second-order valence-electron chi connectivity index (χ2n) is 2.45. The summed E-state index contributed by atoms with van der Waals surface area (Å²) in [5.41, 5.74) is 0. The highest BCUT2D eigenvalue weighted by atomic mass is 32.2. The summed E-state index contributed by atoms with van der Waals surface area (Å²) in [6.45, 7) is -0.177. The zero-order chi connectivity index (χ0) is 10.6. The molecule has 0 saturated carbocycles. The molecular weight excluding hydrogens is 211 g/mol. The number of hydrogen-bond acceptors (Lipinski definition) is 6. The highest BCUT2D eigenvalue weighted by Gasteiger charge is 2.32. The molecule has 0 bridgehead atoms. The number of rotatable bonds is 2. The van der Waals surface area contributed by atoms with Gasteiger partial charge in [-0.2, -0.15) is 8.42 Å². The highest BCUT2D eigenvalue weighted by Crippen LogP contribution is 2.11. The van der Waals surface area contributed by atoms with Crippen molar-refractivity contribution >= 4 is 24.1 Å². The van der Waals surface area contributed by atoms with Crippen molar-refractivity contribution in [1.29, 1.82) is 0 Å². The van der Waals surface area contributed by atoms with Crippen molar-refractivity contribution in [1.82, 2.24) is 0 Å². The average Bonchev–Trinajstić information content (AvgIpc) is 2.42. The van der Waals surface area contributed by atoms with Gasteiger partial charge in [0.05, 0.1) is 6.26 Å². The fourth-order valence-corrected chi connectivity index (χ4v) is 1.91. The Kier molecular flexibility index (Phi) is 3.53. The molecule has 76 valence electrons. The molecule has 1 saturated heterocycles. The fraction of sp³-hybridized carbons (Fsp3) is 0.500. The van der Waals surface area contributed by atoms with E-state index in [4.69, 9.17) is 7.85 Å². The summed E-state index contributed by atoms with van der Waals surface area (Å²) in [4.78, 5) is 10.8. The molecule has 1 rings (SSSR count). The molecule has 1 unspecified atom stereocenters. The number of carbonyl (C=O) groups excluding carboxylic acids is 1. The summed E-state index contributed by atoms with van der Waals surface area (Å²) in [5, 5.41) is 0. The summed E-state index contributed by atoms with van der Waals surface area (Å²) in [6.07, 6.45) is -0.914. The third-order valence-electron chi connectivity index (χ3n) is 1.33. The SMILES string of the molecule is [B]/C=C\OC(=O)OC1COS(=O)(=O)C1. The maximum Gasteiger partial charge on any atom is 0.513 e. The van der Waals surface area contributed by atoms with E-state index in [-0.39, 0.29) is 12.4 Å². The van der Waals surface area contributed by atoms with Gasteiger partial charge in [0.2, 0.25) is 0 Å². The van der Waals surface area contributed by atoms with Crippen LogP contribution >= 0.6 is 0 Å². The minimum atomic E-state index is -3.54. The smallest absolute Gasteiger partial charge is 0.427 e. The lowest BCUT2D eigenvalue weighted by atomic mass is 10.2. The van der Waals surface area contributed by atoms with Crippen molar-refractivity contribution in [3.63, 3.8) is 0 Å². The third-order valence-corrected chi connectivity index (χ3v) is 2.60. The van der Waals surface area contributed by atoms with Gasteiger partial charge in [0.25, 0.3) is 10.1 Å². The van der Waals surface area contributed by atoms with Gasteiger partial charge in [0.15, 0.2) is 0 Å². The van der Waals surface area contributed by atoms with Crippen LogP contribution in [0.15, 0.2) is 12.2 Å². The van der Waals surface area contributed by atoms with Crippen molar-refractivity contribution < 1.29 is 26.9 Å². The van der Waals surface area contributed by atoms with E-state index in [9.17, 15) is 13.2 Å². The molecule has 1 heterocycles. The van der Waals surface area contributed by atoms with Crippen LogP contribution in [0.1, 0.15) is 0 Å². The van der Waals surface area contributed by atoms with E-state index < -0.39 is 22.4 Å². The molecule has 0 N–H and O–H groups in total. The van der Waals surface area contributed by atoms with E-state index in [0.717, 1.165) is 12.2 Å². The summed E-state index contributed by atoms with van der Waals surface area (Å²) >= 11 is 0. The molecule has 2 radical (unpaired) electrons. The van der Waals surface area contributed by atoms with Gasteiger partial charge >= 0.3 is 6.16 Å². The monoisotopic (exact) mass is 218 g/mol. The lowest BCUT2D eigenvalue weighted by molar-refractivity contribution is 0.0462. The van der Waals surface area contributed by atoms with Crippen LogP contribution in [-0.2, 0) is 23.8 Å². The van der Waals surface area contributed by atoms with Crippen LogP contribution in [-0.4, -0.2) is 40.9 Å². The topological polar surface area (TPSA) is 78.9 Å². The molecule has 1 atom stereocenters. The van der Waals surface area contributed by atoms with E-state index in [0.29, 0.717) is 0 Å². The van der Waals surface area contributed by atoms with Gasteiger partial charge in [0, 0.05) is 0 Å². The van der Waals surface area contributed by atoms with Crippen molar-refractivity contribution in [3.05, 3.63) is 12.2 Å². The second-order valence-corrected chi connectivity index (χ2v) is 4.13. The molecule has 1 aliphatic rings. The number of ether oxygens (including phenoxy) is 2. The Hall–Kier alpha value is -1.02. The zero-order valence-corrected chi connectivity index (χ0v) is 7.90. The third kappa shape index (κ3) is 3.39. The molecule has 0 spiro atoms. The van der Waals surface area contributed by atoms with Crippen molar-refractivity contribution in [2.45, 2.75) is 6.10 Å². The summed E-state index contributed by atoms with van der Waals surface area (Å²) in [5.74, 6) is 0.650. The predicted molar refractivity (Wildman–Crippen MR) is 46.0 cm³/mol. The van der Waals surface area contributed by atoms with Crippen LogP contribution in [0.4, 0.5) is 4.79 Å². The molecule has 14 heavy (non-hydrogen) atoms. The van der Waals surface area contributed by atoms with Gasteiger partial charge in [0.1, 0.15) is 26.3 Å². The molecule has 1 fully saturated rings. The van der Waals surface area contributed by atoms with Crippen LogP contribution in [0.5, 0.6) is 0 Å². The first-order valence-corrected chi connectivity index (χ1v) is 5.22. The molecular formula is C6H7BO6S.